The number of nitrogens with zero attached hydrogens (tertiary/aromatic N) is 1. The Morgan fingerprint density at radius 1 is 0.608 bits per heavy atom. The molecule has 0 bridgehead atoms. The molecule has 0 rings (SSSR count). The van der Waals surface area contributed by atoms with Gasteiger partial charge in [0.05, 0.1) is 27.7 Å². The van der Waals surface area contributed by atoms with Gasteiger partial charge in [0.15, 0.2) is 6.10 Å². The summed E-state index contributed by atoms with van der Waals surface area (Å²) in [4.78, 5) is 35.2. The molecule has 51 heavy (non-hydrogen) atoms. The van der Waals surface area contributed by atoms with E-state index in [1.165, 1.54) is 44.9 Å². The van der Waals surface area contributed by atoms with Gasteiger partial charge in [-0.25, -0.2) is 4.57 Å². The maximum Gasteiger partial charge on any atom is 0.472 e. The number of quaternary nitrogens is 1. The number of allylic oxidation sites excluding steroid dienone is 6. The number of carbonyl (C=O) groups is 2. The van der Waals surface area contributed by atoms with Crippen LogP contribution in [0.5, 0.6) is 0 Å². The predicted octanol–water partition coefficient (Wildman–Crippen LogP) is 11.0. The molecular weight excluding hydrogens is 665 g/mol. The summed E-state index contributed by atoms with van der Waals surface area (Å²) < 4.78 is 34.2. The van der Waals surface area contributed by atoms with Gasteiger partial charge >= 0.3 is 19.8 Å². The van der Waals surface area contributed by atoms with Crippen LogP contribution in [0.4, 0.5) is 0 Å². The lowest BCUT2D eigenvalue weighted by Gasteiger charge is -2.24. The number of rotatable bonds is 36. The number of esters is 2. The van der Waals surface area contributed by atoms with E-state index in [4.69, 9.17) is 18.5 Å². The normalized spacial score (nSPS) is 14.1. The van der Waals surface area contributed by atoms with Crippen molar-refractivity contribution in [3.05, 3.63) is 36.5 Å². The molecule has 2 unspecified atom stereocenters. The standard InChI is InChI=1S/C41H76NO8P/c1-6-8-10-12-14-16-18-19-20-21-22-24-26-28-30-32-34-41(44)50-39(38-49-51(45,46)48-36-35-42(3,4)5)37-47-40(43)33-31-29-27-25-23-17-15-13-11-9-7-2/h13,15-16,18,20-21,39H,6-12,14,17,19,22-38H2,1-5H3/p+1/b15-13-,18-16-,21-20-. The first-order valence-corrected chi connectivity index (χ1v) is 21.7. The van der Waals surface area contributed by atoms with Crippen LogP contribution < -0.4 is 0 Å². The lowest BCUT2D eigenvalue weighted by molar-refractivity contribution is -0.870. The fourth-order valence-electron chi connectivity index (χ4n) is 5.14. The molecule has 0 amide bonds. The lowest BCUT2D eigenvalue weighted by Crippen LogP contribution is -2.37. The van der Waals surface area contributed by atoms with Crippen molar-refractivity contribution in [2.45, 2.75) is 168 Å². The summed E-state index contributed by atoms with van der Waals surface area (Å²) in [7, 11) is 1.46. The molecule has 0 spiro atoms. The Morgan fingerprint density at radius 3 is 1.63 bits per heavy atom. The van der Waals surface area contributed by atoms with Gasteiger partial charge in [-0.05, 0) is 64.2 Å². The SMILES string of the molecule is CCCC/C=C\CCCCCCCC(=O)OCC(COP(=O)(O)OCC[N+](C)(C)C)OC(=O)CCCCCCC/C=C\C/C=C\CCCCCC. The summed E-state index contributed by atoms with van der Waals surface area (Å²) in [6.45, 7) is 4.32. The first kappa shape index (κ1) is 49.2. The van der Waals surface area contributed by atoms with Crippen LogP contribution in [0.1, 0.15) is 162 Å². The Morgan fingerprint density at radius 2 is 1.08 bits per heavy atom. The summed E-state index contributed by atoms with van der Waals surface area (Å²) in [5, 5.41) is 0. The van der Waals surface area contributed by atoms with Crippen LogP contribution in [0.25, 0.3) is 0 Å². The van der Waals surface area contributed by atoms with Crippen molar-refractivity contribution in [1.29, 1.82) is 0 Å². The highest BCUT2D eigenvalue weighted by molar-refractivity contribution is 7.47. The number of hydrogen-bond donors (Lipinski definition) is 1. The van der Waals surface area contributed by atoms with Crippen LogP contribution in [0.3, 0.4) is 0 Å². The Kier molecular flexibility index (Phi) is 32.8. The van der Waals surface area contributed by atoms with Crippen molar-refractivity contribution in [3.63, 3.8) is 0 Å². The summed E-state index contributed by atoms with van der Waals surface area (Å²) in [6, 6.07) is 0. The smallest absolute Gasteiger partial charge is 0.462 e. The average Bonchev–Trinajstić information content (AvgIpc) is 3.07. The Bertz CT molecular complexity index is 975. The molecule has 0 saturated heterocycles. The van der Waals surface area contributed by atoms with Crippen LogP contribution >= 0.6 is 7.82 Å². The highest BCUT2D eigenvalue weighted by Crippen LogP contribution is 2.43. The van der Waals surface area contributed by atoms with Gasteiger partial charge in [0.1, 0.15) is 19.8 Å². The third kappa shape index (κ3) is 37.8. The van der Waals surface area contributed by atoms with Gasteiger partial charge in [0, 0.05) is 12.8 Å². The van der Waals surface area contributed by atoms with E-state index in [0.29, 0.717) is 17.4 Å². The van der Waals surface area contributed by atoms with Crippen LogP contribution in [0.2, 0.25) is 0 Å². The van der Waals surface area contributed by atoms with Crippen molar-refractivity contribution < 1.29 is 42.1 Å². The van der Waals surface area contributed by atoms with Gasteiger partial charge in [0.2, 0.25) is 0 Å². The molecule has 0 saturated carbocycles. The molecule has 0 aromatic rings. The van der Waals surface area contributed by atoms with E-state index in [-0.39, 0.29) is 32.0 Å². The van der Waals surface area contributed by atoms with E-state index in [2.05, 4.69) is 50.3 Å². The number of unbranched alkanes of at least 4 members (excludes halogenated alkanes) is 16. The van der Waals surface area contributed by atoms with Crippen LogP contribution in [0.15, 0.2) is 36.5 Å². The van der Waals surface area contributed by atoms with Crippen molar-refractivity contribution in [2.75, 3.05) is 47.5 Å². The van der Waals surface area contributed by atoms with E-state index in [1.54, 1.807) is 0 Å². The van der Waals surface area contributed by atoms with E-state index in [1.807, 2.05) is 21.1 Å². The van der Waals surface area contributed by atoms with Crippen LogP contribution in [-0.4, -0.2) is 74.9 Å². The molecule has 0 heterocycles. The van der Waals surface area contributed by atoms with Gasteiger partial charge in [0.25, 0.3) is 0 Å². The molecule has 0 aliphatic rings. The Labute approximate surface area is 312 Å². The van der Waals surface area contributed by atoms with Gasteiger partial charge in [-0.1, -0.05) is 121 Å². The maximum absolute atomic E-state index is 12.6. The van der Waals surface area contributed by atoms with E-state index >= 15 is 0 Å². The van der Waals surface area contributed by atoms with Crippen molar-refractivity contribution >= 4 is 19.8 Å². The van der Waals surface area contributed by atoms with Gasteiger partial charge < -0.3 is 18.9 Å². The molecule has 0 aliphatic heterocycles. The first-order chi connectivity index (χ1) is 24.5. The topological polar surface area (TPSA) is 108 Å². The molecule has 10 heteroatoms. The fourth-order valence-corrected chi connectivity index (χ4v) is 5.88. The minimum absolute atomic E-state index is 0.0270. The fraction of sp³-hybridized carbons (Fsp3) is 0.805. The second-order valence-corrected chi connectivity index (χ2v) is 16.1. The van der Waals surface area contributed by atoms with Crippen LogP contribution in [0, 0.1) is 0 Å². The molecule has 0 aromatic carbocycles. The van der Waals surface area contributed by atoms with Gasteiger partial charge in [-0.3, -0.25) is 18.6 Å². The molecule has 1 N–H and O–H groups in total. The zero-order valence-electron chi connectivity index (χ0n) is 33.3. The number of ether oxygens (including phenoxy) is 2. The highest BCUT2D eigenvalue weighted by atomic mass is 31.2. The van der Waals surface area contributed by atoms with Crippen molar-refractivity contribution in [2.24, 2.45) is 0 Å². The zero-order chi connectivity index (χ0) is 37.9. The largest absolute Gasteiger partial charge is 0.472 e. The van der Waals surface area contributed by atoms with Gasteiger partial charge in [-0.15, -0.1) is 0 Å². The molecule has 0 fully saturated rings. The second-order valence-electron chi connectivity index (χ2n) is 14.7. The van der Waals surface area contributed by atoms with E-state index < -0.39 is 26.5 Å². The molecule has 2 atom stereocenters. The summed E-state index contributed by atoms with van der Waals surface area (Å²) >= 11 is 0. The third-order valence-corrected chi connectivity index (χ3v) is 9.38. The summed E-state index contributed by atoms with van der Waals surface area (Å²) in [5.41, 5.74) is 0. The van der Waals surface area contributed by atoms with Crippen molar-refractivity contribution in [3.8, 4) is 0 Å². The predicted molar refractivity (Wildman–Crippen MR) is 210 cm³/mol. The average molecular weight is 743 g/mol. The summed E-state index contributed by atoms with van der Waals surface area (Å²) in [6.07, 6.45) is 36.2. The number of phosphoric acid groups is 1. The molecular formula is C41H77NO8P+. The van der Waals surface area contributed by atoms with E-state index in [0.717, 1.165) is 83.5 Å². The van der Waals surface area contributed by atoms with Crippen molar-refractivity contribution in [1.82, 2.24) is 0 Å². The number of carbonyl (C=O) groups excluding carboxylic acids is 2. The molecule has 9 nitrogen and oxygen atoms in total. The molecule has 0 radical (unpaired) electrons. The molecule has 0 aromatic heterocycles. The Balaban J connectivity index is 4.44. The monoisotopic (exact) mass is 743 g/mol. The molecule has 298 valence electrons. The second kappa shape index (κ2) is 34.0. The highest BCUT2D eigenvalue weighted by Gasteiger charge is 2.27. The zero-order valence-corrected chi connectivity index (χ0v) is 34.2. The molecule has 0 aliphatic carbocycles. The lowest BCUT2D eigenvalue weighted by atomic mass is 10.1. The minimum Gasteiger partial charge on any atom is -0.462 e. The minimum atomic E-state index is -4.37. The number of hydrogen-bond acceptors (Lipinski definition) is 7. The van der Waals surface area contributed by atoms with Gasteiger partial charge in [-0.2, -0.15) is 0 Å². The maximum atomic E-state index is 12.6. The van der Waals surface area contributed by atoms with Crippen LogP contribution in [-0.2, 0) is 32.7 Å². The number of likely N-dealkylation sites (N-methyl/N-ethyl adjacent to an activating group) is 1. The summed E-state index contributed by atoms with van der Waals surface area (Å²) in [5.74, 6) is -0.828. The first-order valence-electron chi connectivity index (χ1n) is 20.2. The number of phosphoric ester groups is 1. The Hall–Kier alpha value is -1.77. The quantitative estimate of drug-likeness (QED) is 0.0222. The van der Waals surface area contributed by atoms with E-state index in [9.17, 15) is 19.0 Å². The third-order valence-electron chi connectivity index (χ3n) is 8.39.